The largest absolute Gasteiger partial charge is 0.468 e. The van der Waals surface area contributed by atoms with Crippen molar-refractivity contribution >= 4 is 38.8 Å². The fourth-order valence-electron chi connectivity index (χ4n) is 4.87. The molecular weight excluding hydrogens is 546 g/mol. The average molecular weight is 582 g/mol. The Kier molecular flexibility index (Phi) is 9.61. The van der Waals surface area contributed by atoms with Crippen molar-refractivity contribution in [3.05, 3.63) is 78.4 Å². The Balaban J connectivity index is 1.50. The van der Waals surface area contributed by atoms with Crippen molar-refractivity contribution in [2.45, 2.75) is 43.9 Å². The van der Waals surface area contributed by atoms with Crippen LogP contribution in [0.25, 0.3) is 10.8 Å². The number of hydrogen-bond acceptors (Lipinski definition) is 7. The summed E-state index contributed by atoms with van der Waals surface area (Å²) in [6.45, 7) is 3.59. The maximum atomic E-state index is 13.7. The third kappa shape index (κ3) is 7.22. The Hall–Kier alpha value is -3.96. The highest BCUT2D eigenvalue weighted by Gasteiger charge is 2.43. The van der Waals surface area contributed by atoms with Crippen LogP contribution >= 0.6 is 0 Å². The number of piperazine rings is 1. The Morgan fingerprint density at radius 3 is 2.32 bits per heavy atom. The molecule has 2 atom stereocenters. The maximum absolute atomic E-state index is 13.7. The van der Waals surface area contributed by atoms with Crippen molar-refractivity contribution < 1.29 is 32.3 Å². The first-order chi connectivity index (χ1) is 19.6. The lowest BCUT2D eigenvalue weighted by Gasteiger charge is -2.40. The van der Waals surface area contributed by atoms with Crippen LogP contribution in [0.1, 0.15) is 25.8 Å². The molecule has 3 aromatic rings. The van der Waals surface area contributed by atoms with E-state index >= 15 is 0 Å². The molecule has 41 heavy (non-hydrogen) atoms. The van der Waals surface area contributed by atoms with Crippen LogP contribution in [0.15, 0.2) is 77.7 Å². The van der Waals surface area contributed by atoms with Crippen LogP contribution in [0.5, 0.6) is 0 Å². The first kappa shape index (κ1) is 30.0. The number of fused-ring (bicyclic) bond motifs is 1. The molecule has 1 N–H and O–H groups in total. The van der Waals surface area contributed by atoms with Gasteiger partial charge in [0.2, 0.25) is 15.9 Å². The highest BCUT2D eigenvalue weighted by atomic mass is 32.2. The van der Waals surface area contributed by atoms with Crippen molar-refractivity contribution in [3.8, 4) is 0 Å². The van der Waals surface area contributed by atoms with Crippen molar-refractivity contribution in [3.63, 3.8) is 0 Å². The normalized spacial score (nSPS) is 16.8. The van der Waals surface area contributed by atoms with E-state index in [1.54, 1.807) is 12.1 Å². The number of sulfonamides is 1. The minimum absolute atomic E-state index is 0.0362. The van der Waals surface area contributed by atoms with Crippen LogP contribution in [0, 0.1) is 5.92 Å². The van der Waals surface area contributed by atoms with E-state index in [-0.39, 0.29) is 37.1 Å². The molecule has 10 nitrogen and oxygen atoms in total. The predicted molar refractivity (Wildman–Crippen MR) is 153 cm³/mol. The van der Waals surface area contributed by atoms with Crippen molar-refractivity contribution in [1.82, 2.24) is 14.5 Å². The molecule has 2 unspecified atom stereocenters. The smallest absolute Gasteiger partial charge is 0.408 e. The van der Waals surface area contributed by atoms with Gasteiger partial charge in [-0.05, 0) is 40.8 Å². The maximum Gasteiger partial charge on any atom is 0.408 e. The molecule has 1 aliphatic heterocycles. The minimum atomic E-state index is -4.09. The van der Waals surface area contributed by atoms with Crippen LogP contribution in [0.2, 0.25) is 0 Å². The summed E-state index contributed by atoms with van der Waals surface area (Å²) >= 11 is 0. The summed E-state index contributed by atoms with van der Waals surface area (Å²) < 4.78 is 38.7. The number of benzene rings is 3. The highest BCUT2D eigenvalue weighted by Crippen LogP contribution is 2.26. The number of rotatable bonds is 9. The molecule has 4 rings (SSSR count). The molecule has 1 fully saturated rings. The number of nitrogens with one attached hydrogen (secondary N) is 1. The molecule has 2 amide bonds. The number of hydrogen-bond donors (Lipinski definition) is 1. The van der Waals surface area contributed by atoms with Crippen molar-refractivity contribution in [2.24, 2.45) is 5.92 Å². The van der Waals surface area contributed by atoms with E-state index in [4.69, 9.17) is 9.47 Å². The molecule has 0 saturated carbocycles. The number of carbonyl (C=O) groups excluding carboxylic acids is 3. The van der Waals surface area contributed by atoms with Crippen molar-refractivity contribution in [2.75, 3.05) is 26.7 Å². The monoisotopic (exact) mass is 581 g/mol. The summed E-state index contributed by atoms with van der Waals surface area (Å²) in [6, 6.07) is 19.2. The number of alkyl carbamates (subject to hydrolysis) is 1. The minimum Gasteiger partial charge on any atom is -0.468 e. The van der Waals surface area contributed by atoms with Crippen LogP contribution in [0.3, 0.4) is 0 Å². The van der Waals surface area contributed by atoms with Crippen LogP contribution in [-0.4, -0.2) is 74.4 Å². The Morgan fingerprint density at radius 2 is 1.63 bits per heavy atom. The van der Waals surface area contributed by atoms with Gasteiger partial charge in [0.25, 0.3) is 0 Å². The third-order valence-electron chi connectivity index (χ3n) is 6.95. The van der Waals surface area contributed by atoms with E-state index in [9.17, 15) is 22.8 Å². The second-order valence-corrected chi connectivity index (χ2v) is 12.2. The van der Waals surface area contributed by atoms with E-state index in [2.05, 4.69) is 5.32 Å². The Morgan fingerprint density at radius 1 is 0.951 bits per heavy atom. The lowest BCUT2D eigenvalue weighted by Crippen LogP contribution is -2.62. The van der Waals surface area contributed by atoms with E-state index in [1.807, 2.05) is 68.4 Å². The Bertz CT molecular complexity index is 1490. The van der Waals surface area contributed by atoms with Gasteiger partial charge in [0, 0.05) is 19.6 Å². The number of esters is 1. The highest BCUT2D eigenvalue weighted by molar-refractivity contribution is 7.89. The fraction of sp³-hybridized carbons (Fsp3) is 0.367. The number of ether oxygens (including phenoxy) is 2. The van der Waals surface area contributed by atoms with E-state index < -0.39 is 40.1 Å². The zero-order chi connectivity index (χ0) is 29.6. The molecule has 3 aromatic carbocycles. The first-order valence-electron chi connectivity index (χ1n) is 13.4. The molecular formula is C30H35N3O7S. The molecule has 0 radical (unpaired) electrons. The van der Waals surface area contributed by atoms with Gasteiger partial charge in [-0.15, -0.1) is 0 Å². The molecule has 0 aromatic heterocycles. The van der Waals surface area contributed by atoms with Gasteiger partial charge < -0.3 is 19.7 Å². The molecule has 0 bridgehead atoms. The summed E-state index contributed by atoms with van der Waals surface area (Å²) in [4.78, 5) is 40.5. The average Bonchev–Trinajstić information content (AvgIpc) is 2.98. The second kappa shape index (κ2) is 13.1. The topological polar surface area (TPSA) is 122 Å². The molecule has 1 heterocycles. The molecule has 11 heteroatoms. The predicted octanol–water partition coefficient (Wildman–Crippen LogP) is 3.56. The van der Waals surface area contributed by atoms with Crippen LogP contribution in [-0.2, 0) is 35.7 Å². The second-order valence-electron chi connectivity index (χ2n) is 10.3. The molecule has 218 valence electrons. The lowest BCUT2D eigenvalue weighted by atomic mass is 10.0. The van der Waals surface area contributed by atoms with Gasteiger partial charge in [0.15, 0.2) is 0 Å². The molecule has 0 spiro atoms. The zero-order valence-corrected chi connectivity index (χ0v) is 24.2. The van der Waals surface area contributed by atoms with E-state index in [0.717, 1.165) is 20.6 Å². The first-order valence-corrected chi connectivity index (χ1v) is 14.9. The van der Waals surface area contributed by atoms with Gasteiger partial charge in [0.1, 0.15) is 18.7 Å². The summed E-state index contributed by atoms with van der Waals surface area (Å²) in [5.41, 5.74) is 0.805. The third-order valence-corrected chi connectivity index (χ3v) is 8.86. The van der Waals surface area contributed by atoms with Crippen LogP contribution < -0.4 is 5.32 Å². The summed E-state index contributed by atoms with van der Waals surface area (Å²) in [5.74, 6) is -1.14. The summed E-state index contributed by atoms with van der Waals surface area (Å²) in [5, 5.41) is 4.29. The number of carbonyl (C=O) groups is 3. The van der Waals surface area contributed by atoms with Crippen molar-refractivity contribution in [1.29, 1.82) is 0 Å². The Labute approximate surface area is 240 Å². The van der Waals surface area contributed by atoms with Crippen LogP contribution in [0.4, 0.5) is 4.79 Å². The summed E-state index contributed by atoms with van der Waals surface area (Å²) in [7, 11) is -2.92. The lowest BCUT2D eigenvalue weighted by molar-refractivity contribution is -0.149. The van der Waals surface area contributed by atoms with E-state index in [1.165, 1.54) is 18.1 Å². The fourth-order valence-corrected chi connectivity index (χ4v) is 6.46. The zero-order valence-electron chi connectivity index (χ0n) is 23.4. The standard InChI is InChI=1S/C30H35N3O7S/c1-21(2)17-26(31-30(36)40-20-22-9-5-4-6-10-22)28(34)32-15-16-33(27(19-32)29(35)39-3)41(37,38)25-14-13-23-11-7-8-12-24(23)18-25/h4-14,18,21,26-27H,15-17,19-20H2,1-3H3,(H,31,36). The number of methoxy groups -OCH3 is 1. The number of nitrogens with zero attached hydrogens (tertiary/aromatic N) is 2. The van der Waals surface area contributed by atoms with Gasteiger partial charge in [-0.1, -0.05) is 74.5 Å². The molecule has 1 aliphatic rings. The van der Waals surface area contributed by atoms with Gasteiger partial charge in [-0.2, -0.15) is 4.31 Å². The SMILES string of the molecule is COC(=O)C1CN(C(=O)C(CC(C)C)NC(=O)OCc2ccccc2)CCN1S(=O)(=O)c1ccc2ccccc2c1. The van der Waals surface area contributed by atoms with Gasteiger partial charge in [-0.3, -0.25) is 9.59 Å². The van der Waals surface area contributed by atoms with E-state index in [0.29, 0.717) is 6.42 Å². The van der Waals surface area contributed by atoms with Gasteiger partial charge in [-0.25, -0.2) is 13.2 Å². The number of amides is 2. The molecule has 0 aliphatic carbocycles. The molecule has 1 saturated heterocycles. The quantitative estimate of drug-likeness (QED) is 0.384. The summed E-state index contributed by atoms with van der Waals surface area (Å²) in [6.07, 6.45) is -0.410. The van der Waals surface area contributed by atoms with Gasteiger partial charge in [0.05, 0.1) is 12.0 Å². The van der Waals surface area contributed by atoms with Gasteiger partial charge >= 0.3 is 12.1 Å².